The van der Waals surface area contributed by atoms with Gasteiger partial charge in [-0.05, 0) is 61.5 Å². The molecule has 106 valence electrons. The zero-order chi connectivity index (χ0) is 13.7. The van der Waals surface area contributed by atoms with Crippen molar-refractivity contribution in [1.29, 1.82) is 0 Å². The lowest BCUT2D eigenvalue weighted by molar-refractivity contribution is 0.183. The molecule has 1 unspecified atom stereocenters. The molecule has 1 atom stereocenters. The van der Waals surface area contributed by atoms with Crippen LogP contribution in [0, 0.1) is 11.7 Å². The molecule has 0 saturated carbocycles. The predicted molar refractivity (Wildman–Crippen MR) is 73.0 cm³/mol. The van der Waals surface area contributed by atoms with Gasteiger partial charge in [-0.3, -0.25) is 0 Å². The van der Waals surface area contributed by atoms with Crippen LogP contribution in [0.25, 0.3) is 0 Å². The van der Waals surface area contributed by atoms with Crippen LogP contribution in [0.15, 0.2) is 12.1 Å². The second-order valence-electron chi connectivity index (χ2n) is 5.10. The molecule has 0 aromatic heterocycles. The predicted octanol–water partition coefficient (Wildman–Crippen LogP) is 2.52. The smallest absolute Gasteiger partial charge is 0.165 e. The van der Waals surface area contributed by atoms with Gasteiger partial charge in [0, 0.05) is 7.11 Å². The van der Waals surface area contributed by atoms with Crippen LogP contribution >= 0.6 is 0 Å². The summed E-state index contributed by atoms with van der Waals surface area (Å²) >= 11 is 0. The van der Waals surface area contributed by atoms with Crippen LogP contribution in [-0.4, -0.2) is 27.3 Å². The number of halogens is 1. The third kappa shape index (κ3) is 3.67. The zero-order valence-electron chi connectivity index (χ0n) is 11.7. The van der Waals surface area contributed by atoms with Crippen molar-refractivity contribution in [3.8, 4) is 5.75 Å². The van der Waals surface area contributed by atoms with E-state index in [4.69, 9.17) is 9.47 Å². The number of hydrogen-bond donors (Lipinski definition) is 1. The highest BCUT2D eigenvalue weighted by Gasteiger charge is 2.17. The minimum absolute atomic E-state index is 0.289. The van der Waals surface area contributed by atoms with Crippen LogP contribution in [0.4, 0.5) is 4.39 Å². The van der Waals surface area contributed by atoms with Crippen LogP contribution in [0.3, 0.4) is 0 Å². The molecule has 2 rings (SSSR count). The summed E-state index contributed by atoms with van der Waals surface area (Å²) in [6.45, 7) is 2.60. The normalized spacial score (nSPS) is 19.4. The molecule has 1 heterocycles. The number of benzene rings is 1. The Balaban J connectivity index is 2.18. The summed E-state index contributed by atoms with van der Waals surface area (Å²) in [6.07, 6.45) is 3.29. The molecule has 3 nitrogen and oxygen atoms in total. The molecule has 1 aliphatic heterocycles. The fraction of sp³-hybridized carbons (Fsp3) is 0.600. The quantitative estimate of drug-likeness (QED) is 0.889. The van der Waals surface area contributed by atoms with E-state index >= 15 is 0 Å². The third-order valence-electron chi connectivity index (χ3n) is 3.68. The van der Waals surface area contributed by atoms with Crippen molar-refractivity contribution in [2.24, 2.45) is 5.92 Å². The lowest BCUT2D eigenvalue weighted by Crippen LogP contribution is -2.31. The van der Waals surface area contributed by atoms with Crippen molar-refractivity contribution in [2.45, 2.75) is 25.9 Å². The summed E-state index contributed by atoms with van der Waals surface area (Å²) in [5, 5.41) is 3.39. The van der Waals surface area contributed by atoms with E-state index in [1.54, 1.807) is 19.2 Å². The van der Waals surface area contributed by atoms with Crippen LogP contribution in [0.1, 0.15) is 24.0 Å². The van der Waals surface area contributed by atoms with Gasteiger partial charge in [-0.2, -0.15) is 0 Å². The van der Waals surface area contributed by atoms with Gasteiger partial charge in [0.2, 0.25) is 0 Å². The summed E-state index contributed by atoms with van der Waals surface area (Å²) in [5.41, 5.74) is 2.06. The van der Waals surface area contributed by atoms with E-state index in [1.165, 1.54) is 20.0 Å². The first kappa shape index (κ1) is 14.3. The van der Waals surface area contributed by atoms with Gasteiger partial charge in [0.1, 0.15) is 0 Å². The van der Waals surface area contributed by atoms with Crippen molar-refractivity contribution in [3.05, 3.63) is 29.1 Å². The Hall–Kier alpha value is -1.13. The molecule has 1 aromatic carbocycles. The Morgan fingerprint density at radius 3 is 2.79 bits per heavy atom. The summed E-state index contributed by atoms with van der Waals surface area (Å²) < 4.78 is 24.1. The molecule has 0 radical (unpaired) electrons. The average Bonchev–Trinajstić information content (AvgIpc) is 2.43. The van der Waals surface area contributed by atoms with Crippen molar-refractivity contribution in [2.75, 3.05) is 27.3 Å². The Labute approximate surface area is 114 Å². The van der Waals surface area contributed by atoms with E-state index in [0.29, 0.717) is 12.5 Å². The first-order valence-electron chi connectivity index (χ1n) is 6.79. The highest BCUT2D eigenvalue weighted by atomic mass is 19.1. The topological polar surface area (TPSA) is 30.5 Å². The molecular formula is C15H22FNO2. The number of nitrogens with one attached hydrogen (secondary N) is 1. The highest BCUT2D eigenvalue weighted by molar-refractivity contribution is 5.37. The van der Waals surface area contributed by atoms with Gasteiger partial charge >= 0.3 is 0 Å². The minimum atomic E-state index is -0.291. The van der Waals surface area contributed by atoms with Crippen LogP contribution in [0.5, 0.6) is 5.75 Å². The summed E-state index contributed by atoms with van der Waals surface area (Å²) in [5.74, 6) is 0.579. The first-order valence-corrected chi connectivity index (χ1v) is 6.79. The lowest BCUT2D eigenvalue weighted by Gasteiger charge is -2.24. The number of hydrogen-bond acceptors (Lipinski definition) is 3. The molecule has 1 aromatic rings. The van der Waals surface area contributed by atoms with Crippen LogP contribution in [0.2, 0.25) is 0 Å². The second kappa shape index (κ2) is 6.87. The van der Waals surface area contributed by atoms with E-state index in [9.17, 15) is 4.39 Å². The molecule has 0 spiro atoms. The summed E-state index contributed by atoms with van der Waals surface area (Å²) in [4.78, 5) is 0. The van der Waals surface area contributed by atoms with Gasteiger partial charge < -0.3 is 14.8 Å². The number of methoxy groups -OCH3 is 2. The van der Waals surface area contributed by atoms with Crippen molar-refractivity contribution >= 4 is 0 Å². The molecule has 0 amide bonds. The van der Waals surface area contributed by atoms with E-state index in [0.717, 1.165) is 30.6 Å². The van der Waals surface area contributed by atoms with E-state index in [2.05, 4.69) is 5.32 Å². The fourth-order valence-electron chi connectivity index (χ4n) is 2.68. The Morgan fingerprint density at radius 1 is 1.32 bits per heavy atom. The molecule has 4 heteroatoms. The maximum Gasteiger partial charge on any atom is 0.165 e. The number of ether oxygens (including phenoxy) is 2. The maximum atomic E-state index is 13.8. The third-order valence-corrected chi connectivity index (χ3v) is 3.68. The minimum Gasteiger partial charge on any atom is -0.494 e. The molecule has 1 saturated heterocycles. The van der Waals surface area contributed by atoms with Gasteiger partial charge in [-0.15, -0.1) is 0 Å². The Bertz CT molecular complexity index is 417. The zero-order valence-corrected chi connectivity index (χ0v) is 11.7. The van der Waals surface area contributed by atoms with Gasteiger partial charge in [0.15, 0.2) is 11.6 Å². The van der Waals surface area contributed by atoms with Crippen molar-refractivity contribution in [3.63, 3.8) is 0 Å². The molecule has 0 bridgehead atoms. The highest BCUT2D eigenvalue weighted by Crippen LogP contribution is 2.26. The number of piperidine rings is 1. The average molecular weight is 267 g/mol. The molecule has 19 heavy (non-hydrogen) atoms. The van der Waals surface area contributed by atoms with Gasteiger partial charge in [0.05, 0.1) is 13.7 Å². The molecule has 1 fully saturated rings. The van der Waals surface area contributed by atoms with E-state index in [1.807, 2.05) is 0 Å². The Kier molecular flexibility index (Phi) is 5.16. The standard InChI is InChI=1S/C15H22FNO2/c1-18-10-13-8-15(19-2)14(16)7-12(13)6-11-4-3-5-17-9-11/h7-8,11,17H,3-6,9-10H2,1-2H3. The second-order valence-corrected chi connectivity index (χ2v) is 5.10. The molecule has 1 N–H and O–H groups in total. The fourth-order valence-corrected chi connectivity index (χ4v) is 2.68. The first-order chi connectivity index (χ1) is 9.24. The lowest BCUT2D eigenvalue weighted by atomic mass is 9.90. The van der Waals surface area contributed by atoms with Gasteiger partial charge in [-0.25, -0.2) is 4.39 Å². The monoisotopic (exact) mass is 267 g/mol. The van der Waals surface area contributed by atoms with Crippen molar-refractivity contribution in [1.82, 2.24) is 5.32 Å². The summed E-state index contributed by atoms with van der Waals surface area (Å²) in [7, 11) is 3.14. The maximum absolute atomic E-state index is 13.8. The van der Waals surface area contributed by atoms with E-state index in [-0.39, 0.29) is 11.6 Å². The van der Waals surface area contributed by atoms with Crippen LogP contribution < -0.4 is 10.1 Å². The molecular weight excluding hydrogens is 245 g/mol. The number of rotatable bonds is 5. The van der Waals surface area contributed by atoms with Crippen LogP contribution in [-0.2, 0) is 17.8 Å². The SMILES string of the molecule is COCc1cc(OC)c(F)cc1CC1CCCNC1. The molecule has 1 aliphatic rings. The van der Waals surface area contributed by atoms with Crippen molar-refractivity contribution < 1.29 is 13.9 Å². The largest absolute Gasteiger partial charge is 0.494 e. The van der Waals surface area contributed by atoms with Gasteiger partial charge in [-0.1, -0.05) is 0 Å². The summed E-state index contributed by atoms with van der Waals surface area (Å²) in [6, 6.07) is 3.35. The Morgan fingerprint density at radius 2 is 2.16 bits per heavy atom. The molecule has 0 aliphatic carbocycles. The van der Waals surface area contributed by atoms with E-state index < -0.39 is 0 Å². The van der Waals surface area contributed by atoms with Gasteiger partial charge in [0.25, 0.3) is 0 Å².